The number of benzene rings is 2. The number of hydrogen-bond donors (Lipinski definition) is 3. The number of H-pyrrole nitrogens is 1. The van der Waals surface area contributed by atoms with E-state index in [4.69, 9.17) is 14.0 Å². The Bertz CT molecular complexity index is 1450. The molecule has 0 spiro atoms. The average molecular weight is 564 g/mol. The largest absolute Gasteiger partial charge is 0.369 e. The van der Waals surface area contributed by atoms with Crippen LogP contribution in [0.3, 0.4) is 0 Å². The lowest BCUT2D eigenvalue weighted by Crippen LogP contribution is -2.44. The maximum Gasteiger partial charge on any atom is 0.231 e. The molecule has 4 heterocycles. The number of halogens is 1. The number of para-hydroxylation sites is 1. The molecule has 0 saturated carbocycles. The highest BCUT2D eigenvalue weighted by Crippen LogP contribution is 2.38. The minimum atomic E-state index is -1.24. The van der Waals surface area contributed by atoms with Gasteiger partial charge in [-0.25, -0.2) is 4.39 Å². The lowest BCUT2D eigenvalue weighted by Gasteiger charge is -2.38. The predicted octanol–water partition coefficient (Wildman–Crippen LogP) is 5.88. The van der Waals surface area contributed by atoms with Crippen LogP contribution in [0.5, 0.6) is 0 Å². The van der Waals surface area contributed by atoms with Crippen molar-refractivity contribution in [2.75, 3.05) is 55.9 Å². The molecule has 9 nitrogen and oxygen atoms in total. The Morgan fingerprint density at radius 3 is 2.48 bits per heavy atom. The van der Waals surface area contributed by atoms with Gasteiger partial charge in [0.15, 0.2) is 0 Å². The van der Waals surface area contributed by atoms with Gasteiger partial charge in [0.1, 0.15) is 17.3 Å². The summed E-state index contributed by atoms with van der Waals surface area (Å²) in [5.74, 6) is 0.723. The zero-order valence-corrected chi connectivity index (χ0v) is 23.8. The first-order valence-electron chi connectivity index (χ1n) is 13.8. The smallest absolute Gasteiger partial charge is 0.231 e. The molecule has 0 atom stereocenters. The van der Waals surface area contributed by atoms with Crippen molar-refractivity contribution in [1.29, 1.82) is 0 Å². The lowest BCUT2D eigenvalue weighted by atomic mass is 10.0. The van der Waals surface area contributed by atoms with Crippen molar-refractivity contribution in [3.63, 3.8) is 0 Å². The summed E-state index contributed by atoms with van der Waals surface area (Å²) in [5.41, 5.74) is 2.73. The van der Waals surface area contributed by atoms with Gasteiger partial charge in [0.2, 0.25) is 14.3 Å². The summed E-state index contributed by atoms with van der Waals surface area (Å²) in [4.78, 5) is 17.3. The van der Waals surface area contributed by atoms with E-state index in [1.165, 1.54) is 32.0 Å². The van der Waals surface area contributed by atoms with Gasteiger partial charge >= 0.3 is 0 Å². The van der Waals surface area contributed by atoms with E-state index >= 15 is 4.39 Å². The Morgan fingerprint density at radius 2 is 1.73 bits per heavy atom. The Hall–Kier alpha value is -3.30. The molecule has 2 fully saturated rings. The van der Waals surface area contributed by atoms with E-state index in [2.05, 4.69) is 30.4 Å². The number of likely N-dealkylation sites (tertiary alicyclic amines) is 1. The van der Waals surface area contributed by atoms with Gasteiger partial charge in [0.05, 0.1) is 22.1 Å². The number of aromatic nitrogens is 3. The molecule has 2 aliphatic heterocycles. The molecular formula is C29H35FN7O2P. The van der Waals surface area contributed by atoms with Gasteiger partial charge in [-0.3, -0.25) is 0 Å². The molecule has 210 valence electrons. The summed E-state index contributed by atoms with van der Waals surface area (Å²) >= 11 is 0. The SMILES string of the molecule is COP(OC)c1ccccc1Nc1nc(Nc2ccc(N3CCC(N4CCCC4)CC3)c(F)c2)nc2[nH]ccc12. The maximum atomic E-state index is 15.3. The van der Waals surface area contributed by atoms with Gasteiger partial charge in [0, 0.05) is 45.2 Å². The van der Waals surface area contributed by atoms with Crippen molar-refractivity contribution in [2.45, 2.75) is 31.7 Å². The standard InChI is InChI=1S/C29H35FN7O2P/c1-38-40(39-2)26-8-4-3-7-24(26)33-28-22-11-14-31-27(22)34-29(35-28)32-20-9-10-25(23(30)19-20)37-17-12-21(13-18-37)36-15-5-6-16-36/h3-4,7-11,14,19,21H,5-6,12-13,15-18H2,1-2H3,(H3,31,32,33,34,35). The van der Waals surface area contributed by atoms with Crippen molar-refractivity contribution in [3.8, 4) is 0 Å². The Balaban J connectivity index is 1.19. The average Bonchev–Trinajstić information content (AvgIpc) is 3.68. The molecule has 0 aliphatic carbocycles. The first kappa shape index (κ1) is 26.9. The summed E-state index contributed by atoms with van der Waals surface area (Å²) in [7, 11) is 2.02. The van der Waals surface area contributed by atoms with E-state index in [1.54, 1.807) is 14.2 Å². The van der Waals surface area contributed by atoms with E-state index in [9.17, 15) is 0 Å². The summed E-state index contributed by atoms with van der Waals surface area (Å²) < 4.78 is 26.4. The molecule has 2 aliphatic rings. The summed E-state index contributed by atoms with van der Waals surface area (Å²) in [6, 6.07) is 15.6. The first-order valence-corrected chi connectivity index (χ1v) is 15.0. The van der Waals surface area contributed by atoms with Crippen LogP contribution in [0, 0.1) is 5.82 Å². The molecule has 2 saturated heterocycles. The molecule has 4 aromatic rings. The monoisotopic (exact) mass is 563 g/mol. The van der Waals surface area contributed by atoms with Crippen molar-refractivity contribution in [1.82, 2.24) is 19.9 Å². The third-order valence-electron chi connectivity index (χ3n) is 7.77. The van der Waals surface area contributed by atoms with Crippen LogP contribution in [0.4, 0.5) is 33.2 Å². The fourth-order valence-electron chi connectivity index (χ4n) is 5.78. The number of fused-ring (bicyclic) bond motifs is 1. The third kappa shape index (κ3) is 5.63. The van der Waals surface area contributed by atoms with Crippen molar-refractivity contribution in [3.05, 3.63) is 60.5 Å². The van der Waals surface area contributed by atoms with E-state index in [-0.39, 0.29) is 5.82 Å². The zero-order chi connectivity index (χ0) is 27.5. The van der Waals surface area contributed by atoms with Crippen LogP contribution in [0.2, 0.25) is 0 Å². The van der Waals surface area contributed by atoms with E-state index in [0.717, 1.165) is 42.3 Å². The molecule has 40 heavy (non-hydrogen) atoms. The second kappa shape index (κ2) is 12.1. The summed E-state index contributed by atoms with van der Waals surface area (Å²) in [6.07, 6.45) is 6.59. The van der Waals surface area contributed by atoms with Crippen molar-refractivity contribution in [2.24, 2.45) is 0 Å². The predicted molar refractivity (Wildman–Crippen MR) is 160 cm³/mol. The first-order chi connectivity index (χ1) is 19.6. The van der Waals surface area contributed by atoms with Crippen molar-refractivity contribution < 1.29 is 13.4 Å². The quantitative estimate of drug-likeness (QED) is 0.218. The summed E-state index contributed by atoms with van der Waals surface area (Å²) in [6.45, 7) is 4.17. The van der Waals surface area contributed by atoms with Crippen LogP contribution in [-0.4, -0.2) is 66.3 Å². The second-order valence-corrected chi connectivity index (χ2v) is 11.9. The number of rotatable bonds is 9. The topological polar surface area (TPSA) is 90.6 Å². The number of hydrogen-bond acceptors (Lipinski definition) is 8. The minimum Gasteiger partial charge on any atom is -0.369 e. The number of piperidine rings is 1. The van der Waals surface area contributed by atoms with Gasteiger partial charge in [-0.2, -0.15) is 9.97 Å². The van der Waals surface area contributed by atoms with Gasteiger partial charge in [-0.05, 0) is 75.2 Å². The molecule has 6 rings (SSSR count). The fraction of sp³-hybridized carbons (Fsp3) is 0.379. The number of nitrogens with zero attached hydrogens (tertiary/aromatic N) is 4. The minimum absolute atomic E-state index is 0.245. The molecule has 11 heteroatoms. The molecule has 0 radical (unpaired) electrons. The van der Waals surface area contributed by atoms with Gasteiger partial charge in [0.25, 0.3) is 0 Å². The highest BCUT2D eigenvalue weighted by molar-refractivity contribution is 7.56. The van der Waals surface area contributed by atoms with Crippen LogP contribution in [0.15, 0.2) is 54.7 Å². The molecule has 0 amide bonds. The zero-order valence-electron chi connectivity index (χ0n) is 22.9. The van der Waals surface area contributed by atoms with E-state index in [1.807, 2.05) is 48.7 Å². The maximum absolute atomic E-state index is 15.3. The van der Waals surface area contributed by atoms with E-state index in [0.29, 0.717) is 34.8 Å². The van der Waals surface area contributed by atoms with Gasteiger partial charge < -0.3 is 34.5 Å². The van der Waals surface area contributed by atoms with Gasteiger partial charge in [-0.15, -0.1) is 0 Å². The number of nitrogens with one attached hydrogen (secondary N) is 3. The van der Waals surface area contributed by atoms with Crippen LogP contribution >= 0.6 is 8.38 Å². The highest BCUT2D eigenvalue weighted by Gasteiger charge is 2.27. The number of anilines is 5. The van der Waals surface area contributed by atoms with Crippen LogP contribution in [0.1, 0.15) is 25.7 Å². The summed E-state index contributed by atoms with van der Waals surface area (Å²) in [5, 5.41) is 8.36. The molecule has 3 N–H and O–H groups in total. The molecule has 0 unspecified atom stereocenters. The van der Waals surface area contributed by atoms with Crippen LogP contribution < -0.4 is 20.8 Å². The lowest BCUT2D eigenvalue weighted by molar-refractivity contribution is 0.207. The molecule has 0 bridgehead atoms. The highest BCUT2D eigenvalue weighted by atomic mass is 31.2. The van der Waals surface area contributed by atoms with Crippen LogP contribution in [0.25, 0.3) is 11.0 Å². The normalized spacial score (nSPS) is 16.8. The Labute approximate surface area is 235 Å². The molecular weight excluding hydrogens is 528 g/mol. The molecule has 2 aromatic heterocycles. The number of aromatic amines is 1. The Kier molecular flexibility index (Phi) is 8.11. The Morgan fingerprint density at radius 1 is 0.950 bits per heavy atom. The third-order valence-corrected chi connectivity index (χ3v) is 9.21. The van der Waals surface area contributed by atoms with Crippen LogP contribution in [-0.2, 0) is 9.05 Å². The van der Waals surface area contributed by atoms with Crippen molar-refractivity contribution >= 4 is 53.5 Å². The van der Waals surface area contributed by atoms with Gasteiger partial charge in [-0.1, -0.05) is 12.1 Å². The van der Waals surface area contributed by atoms with E-state index < -0.39 is 8.38 Å². The molecule has 2 aromatic carbocycles. The fourth-order valence-corrected chi connectivity index (χ4v) is 6.86. The second-order valence-electron chi connectivity index (χ2n) is 10.2.